The second-order valence-electron chi connectivity index (χ2n) is 3.88. The number of benzene rings is 1. The van der Waals surface area contributed by atoms with E-state index in [4.69, 9.17) is 0 Å². The van der Waals surface area contributed by atoms with Gasteiger partial charge in [0.05, 0.1) is 0 Å². The van der Waals surface area contributed by atoms with Gasteiger partial charge in [0.1, 0.15) is 5.70 Å². The Kier molecular flexibility index (Phi) is 1.83. The number of nitrogens with zero attached hydrogens (tertiary/aromatic N) is 1. The van der Waals surface area contributed by atoms with Crippen LogP contribution in [0.5, 0.6) is 0 Å². The van der Waals surface area contributed by atoms with E-state index in [1.54, 1.807) is 0 Å². The summed E-state index contributed by atoms with van der Waals surface area (Å²) < 4.78 is 0. The highest BCUT2D eigenvalue weighted by Crippen LogP contribution is 2.31. The molecule has 1 aromatic rings. The molecule has 1 N–H and O–H groups in total. The molecule has 3 rings (SSSR count). The lowest BCUT2D eigenvalue weighted by Crippen LogP contribution is -2.29. The van der Waals surface area contributed by atoms with Crippen LogP contribution in [0.3, 0.4) is 0 Å². The van der Waals surface area contributed by atoms with Gasteiger partial charge in [-0.3, -0.25) is 14.9 Å². The lowest BCUT2D eigenvalue weighted by atomic mass is 10.2. The van der Waals surface area contributed by atoms with Crippen LogP contribution in [-0.4, -0.2) is 18.4 Å². The van der Waals surface area contributed by atoms with Crippen molar-refractivity contribution in [3.8, 4) is 0 Å². The minimum Gasteiger partial charge on any atom is -0.336 e. The van der Waals surface area contributed by atoms with Gasteiger partial charge in [-0.15, -0.1) is 0 Å². The molecule has 0 aromatic heterocycles. The predicted octanol–water partition coefficient (Wildman–Crippen LogP) is 0.589. The molecule has 4 heteroatoms. The fraction of sp³-hybridized carbons (Fsp3) is 0.167. The molecule has 2 heterocycles. The van der Waals surface area contributed by atoms with Gasteiger partial charge in [0, 0.05) is 18.3 Å². The Bertz CT molecular complexity index is 520. The molecule has 0 radical (unpaired) electrons. The zero-order valence-electron chi connectivity index (χ0n) is 8.56. The Morgan fingerprint density at radius 3 is 2.75 bits per heavy atom. The average Bonchev–Trinajstić information content (AvgIpc) is 2.81. The number of hydrogen-bond acceptors (Lipinski definition) is 3. The number of amides is 2. The Morgan fingerprint density at radius 1 is 1.19 bits per heavy atom. The van der Waals surface area contributed by atoms with Crippen molar-refractivity contribution in [2.45, 2.75) is 6.42 Å². The van der Waals surface area contributed by atoms with E-state index in [-0.39, 0.29) is 11.8 Å². The third-order valence-corrected chi connectivity index (χ3v) is 2.92. The fourth-order valence-electron chi connectivity index (χ4n) is 2.19. The fourth-order valence-corrected chi connectivity index (χ4v) is 2.19. The van der Waals surface area contributed by atoms with E-state index in [0.29, 0.717) is 5.70 Å². The van der Waals surface area contributed by atoms with E-state index in [9.17, 15) is 9.59 Å². The van der Waals surface area contributed by atoms with Crippen molar-refractivity contribution in [1.82, 2.24) is 5.32 Å². The van der Waals surface area contributed by atoms with Crippen LogP contribution in [0.1, 0.15) is 5.56 Å². The first-order valence-corrected chi connectivity index (χ1v) is 5.18. The van der Waals surface area contributed by atoms with E-state index in [1.807, 2.05) is 29.2 Å². The van der Waals surface area contributed by atoms with Crippen LogP contribution >= 0.6 is 0 Å². The summed E-state index contributed by atoms with van der Waals surface area (Å²) in [4.78, 5) is 24.5. The second kappa shape index (κ2) is 3.20. The Hall–Kier alpha value is -2.10. The van der Waals surface area contributed by atoms with E-state index in [0.717, 1.165) is 18.7 Å². The molecule has 0 fully saturated rings. The number of nitrogens with one attached hydrogen (secondary N) is 1. The third-order valence-electron chi connectivity index (χ3n) is 2.92. The average molecular weight is 214 g/mol. The summed E-state index contributed by atoms with van der Waals surface area (Å²) >= 11 is 0. The maximum Gasteiger partial charge on any atom is 0.274 e. The molecule has 2 aliphatic rings. The summed E-state index contributed by atoms with van der Waals surface area (Å²) in [7, 11) is 0. The largest absolute Gasteiger partial charge is 0.336 e. The standard InChI is InChI=1S/C12H10N2O2/c15-11-7-10(12(16)13-11)14-6-5-8-3-1-2-4-9(8)14/h1-4,7H,5-6H2,(H,13,15,16). The van der Waals surface area contributed by atoms with E-state index >= 15 is 0 Å². The van der Waals surface area contributed by atoms with Crippen LogP contribution in [0, 0.1) is 0 Å². The molecule has 0 saturated carbocycles. The maximum atomic E-state index is 11.5. The quantitative estimate of drug-likeness (QED) is 0.696. The lowest BCUT2D eigenvalue weighted by molar-refractivity contribution is -0.123. The number of anilines is 1. The molecule has 80 valence electrons. The number of hydrogen-bond donors (Lipinski definition) is 1. The van der Waals surface area contributed by atoms with Crippen LogP contribution in [-0.2, 0) is 16.0 Å². The van der Waals surface area contributed by atoms with E-state index in [1.165, 1.54) is 11.6 Å². The van der Waals surface area contributed by atoms with Gasteiger partial charge in [0.15, 0.2) is 0 Å². The van der Waals surface area contributed by atoms with E-state index in [2.05, 4.69) is 5.32 Å². The topological polar surface area (TPSA) is 49.4 Å². The molecular weight excluding hydrogens is 204 g/mol. The number of carbonyl (C=O) groups is 2. The van der Waals surface area contributed by atoms with Crippen molar-refractivity contribution in [1.29, 1.82) is 0 Å². The Morgan fingerprint density at radius 2 is 2.00 bits per heavy atom. The zero-order valence-corrected chi connectivity index (χ0v) is 8.56. The van der Waals surface area contributed by atoms with Crippen molar-refractivity contribution >= 4 is 17.5 Å². The first-order valence-electron chi connectivity index (χ1n) is 5.18. The molecule has 0 aliphatic carbocycles. The number of imide groups is 1. The highest BCUT2D eigenvalue weighted by molar-refractivity contribution is 6.18. The first-order chi connectivity index (χ1) is 7.75. The number of para-hydroxylation sites is 1. The maximum absolute atomic E-state index is 11.5. The molecule has 1 aromatic carbocycles. The van der Waals surface area contributed by atoms with Gasteiger partial charge >= 0.3 is 0 Å². The van der Waals surface area contributed by atoms with Gasteiger partial charge < -0.3 is 4.90 Å². The van der Waals surface area contributed by atoms with Crippen LogP contribution < -0.4 is 10.2 Å². The molecule has 0 spiro atoms. The number of fused-ring (bicyclic) bond motifs is 1. The van der Waals surface area contributed by atoms with Gasteiger partial charge in [0.25, 0.3) is 11.8 Å². The van der Waals surface area contributed by atoms with Crippen LogP contribution in [0.25, 0.3) is 0 Å². The molecular formula is C12H10N2O2. The molecule has 0 saturated heterocycles. The molecule has 0 bridgehead atoms. The molecule has 0 atom stereocenters. The summed E-state index contributed by atoms with van der Waals surface area (Å²) in [5.41, 5.74) is 2.70. The van der Waals surface area contributed by atoms with Crippen molar-refractivity contribution < 1.29 is 9.59 Å². The monoisotopic (exact) mass is 214 g/mol. The minimum absolute atomic E-state index is 0.304. The highest BCUT2D eigenvalue weighted by atomic mass is 16.2. The summed E-state index contributed by atoms with van der Waals surface area (Å²) in [6, 6.07) is 7.94. The zero-order chi connectivity index (χ0) is 11.1. The summed E-state index contributed by atoms with van der Waals surface area (Å²) in [5.74, 6) is -0.633. The van der Waals surface area contributed by atoms with Crippen molar-refractivity contribution in [2.24, 2.45) is 0 Å². The third kappa shape index (κ3) is 1.23. The summed E-state index contributed by atoms with van der Waals surface area (Å²) in [5, 5.41) is 2.26. The Labute approximate surface area is 92.6 Å². The van der Waals surface area contributed by atoms with E-state index < -0.39 is 0 Å². The SMILES string of the molecule is O=C1C=C(N2CCc3ccccc32)C(=O)N1. The van der Waals surface area contributed by atoms with Crippen molar-refractivity contribution in [3.05, 3.63) is 41.6 Å². The molecule has 16 heavy (non-hydrogen) atoms. The summed E-state index contributed by atoms with van der Waals surface area (Å²) in [6.07, 6.45) is 2.28. The van der Waals surface area contributed by atoms with Gasteiger partial charge in [-0.2, -0.15) is 0 Å². The van der Waals surface area contributed by atoms with Crippen LogP contribution in [0.2, 0.25) is 0 Å². The van der Waals surface area contributed by atoms with Gasteiger partial charge in [-0.1, -0.05) is 18.2 Å². The lowest BCUT2D eigenvalue weighted by Gasteiger charge is -2.18. The highest BCUT2D eigenvalue weighted by Gasteiger charge is 2.30. The minimum atomic E-state index is -0.329. The number of carbonyl (C=O) groups excluding carboxylic acids is 2. The Balaban J connectivity index is 2.02. The molecule has 2 amide bonds. The second-order valence-corrected chi connectivity index (χ2v) is 3.88. The first kappa shape index (κ1) is 9.15. The van der Waals surface area contributed by atoms with Gasteiger partial charge in [-0.05, 0) is 18.1 Å². The smallest absolute Gasteiger partial charge is 0.274 e. The van der Waals surface area contributed by atoms with Gasteiger partial charge in [-0.25, -0.2) is 0 Å². The molecule has 4 nitrogen and oxygen atoms in total. The normalized spacial score (nSPS) is 18.5. The molecule has 0 unspecified atom stereocenters. The van der Waals surface area contributed by atoms with Crippen LogP contribution in [0.4, 0.5) is 5.69 Å². The molecule has 2 aliphatic heterocycles. The van der Waals surface area contributed by atoms with Gasteiger partial charge in [0.2, 0.25) is 0 Å². The predicted molar refractivity (Wildman–Crippen MR) is 58.7 cm³/mol. The number of rotatable bonds is 1. The van der Waals surface area contributed by atoms with Crippen LogP contribution in [0.15, 0.2) is 36.0 Å². The van der Waals surface area contributed by atoms with Crippen molar-refractivity contribution in [2.75, 3.05) is 11.4 Å². The summed E-state index contributed by atoms with van der Waals surface area (Å²) in [6.45, 7) is 0.756. The van der Waals surface area contributed by atoms with Crippen molar-refractivity contribution in [3.63, 3.8) is 0 Å².